The minimum Gasteiger partial charge on any atom is -0.399 e. The number of nitrogens with zero attached hydrogens (tertiary/aromatic N) is 2. The zero-order chi connectivity index (χ0) is 24.7. The van der Waals surface area contributed by atoms with Gasteiger partial charge in [0.05, 0.1) is 0 Å². The van der Waals surface area contributed by atoms with Crippen molar-refractivity contribution in [2.24, 2.45) is 0 Å². The molecule has 0 bridgehead atoms. The van der Waals surface area contributed by atoms with Crippen LogP contribution in [0.4, 0.5) is 11.4 Å². The molecule has 0 saturated heterocycles. The zero-order valence-electron chi connectivity index (χ0n) is 18.9. The molecule has 0 fully saturated rings. The van der Waals surface area contributed by atoms with Gasteiger partial charge in [0.15, 0.2) is 0 Å². The Morgan fingerprint density at radius 3 is 1.47 bits per heavy atom. The Bertz CT molecular complexity index is 959. The maximum atomic E-state index is 10.7. The van der Waals surface area contributed by atoms with Crippen LogP contribution in [0, 0.1) is 13.1 Å². The summed E-state index contributed by atoms with van der Waals surface area (Å²) < 4.78 is 3.97. The second kappa shape index (κ2) is 14.8. The first kappa shape index (κ1) is 27.8. The molecule has 3 N–H and O–H groups in total. The fourth-order valence-electron chi connectivity index (χ4n) is 2.17. The number of nitrogen functional groups attached to an aromatic ring is 1. The minimum absolute atomic E-state index is 0.0596. The van der Waals surface area contributed by atoms with Gasteiger partial charge < -0.3 is 25.5 Å². The van der Waals surface area contributed by atoms with Gasteiger partial charge in [-0.05, 0) is 48.5 Å². The van der Waals surface area contributed by atoms with Crippen molar-refractivity contribution in [3.63, 3.8) is 0 Å². The maximum absolute atomic E-state index is 10.7. The highest BCUT2D eigenvalue weighted by molar-refractivity contribution is 5.88. The minimum atomic E-state index is -0.562. The van der Waals surface area contributed by atoms with Crippen LogP contribution in [0.1, 0.15) is 57.8 Å². The second-order valence-electron chi connectivity index (χ2n) is 6.67. The molecule has 0 spiro atoms. The predicted octanol–water partition coefficient (Wildman–Crippen LogP) is 4.97. The van der Waals surface area contributed by atoms with Gasteiger partial charge in [-0.15, -0.1) is 0 Å². The molecule has 1 amide bonds. The molecule has 8 nitrogen and oxygen atoms in total. The number of carbonyl (C=O) groups is 3. The number of nitrogens with one attached hydrogen (secondary N) is 1. The van der Waals surface area contributed by atoms with Crippen LogP contribution in [0.3, 0.4) is 0 Å². The molecular formula is C24H28N4O4. The third-order valence-electron chi connectivity index (χ3n) is 3.81. The summed E-state index contributed by atoms with van der Waals surface area (Å²) in [7, 11) is 0. The Kier molecular flexibility index (Phi) is 12.8. The van der Waals surface area contributed by atoms with E-state index in [-0.39, 0.29) is 18.0 Å². The second-order valence-corrected chi connectivity index (χ2v) is 6.67. The van der Waals surface area contributed by atoms with Gasteiger partial charge in [0.2, 0.25) is 18.0 Å². The third-order valence-corrected chi connectivity index (χ3v) is 3.81. The van der Waals surface area contributed by atoms with Crippen molar-refractivity contribution in [1.29, 1.82) is 0 Å². The lowest BCUT2D eigenvalue weighted by molar-refractivity contribution is -0.156. The molecule has 2 unspecified atom stereocenters. The Morgan fingerprint density at radius 2 is 1.19 bits per heavy atom. The Balaban J connectivity index is 0.000000478. The number of nitrogens with two attached hydrogens (primary N) is 1. The summed E-state index contributed by atoms with van der Waals surface area (Å²) in [4.78, 5) is 37.2. The number of rotatable bonds is 3. The summed E-state index contributed by atoms with van der Waals surface area (Å²) >= 11 is 0. The Hall–Kier alpha value is -4.17. The van der Waals surface area contributed by atoms with E-state index in [4.69, 9.17) is 18.9 Å². The topological polar surface area (TPSA) is 107 Å². The summed E-state index contributed by atoms with van der Waals surface area (Å²) in [5.41, 5.74) is 8.98. The predicted molar refractivity (Wildman–Crippen MR) is 124 cm³/mol. The fraction of sp³-hybridized carbons (Fsp3) is 0.292. The van der Waals surface area contributed by atoms with E-state index < -0.39 is 11.9 Å². The lowest BCUT2D eigenvalue weighted by Crippen LogP contribution is -2.05. The summed E-state index contributed by atoms with van der Waals surface area (Å²) in [6.45, 7) is 21.2. The van der Waals surface area contributed by atoms with Crippen molar-refractivity contribution in [2.45, 2.75) is 46.7 Å². The fourth-order valence-corrected chi connectivity index (χ4v) is 2.17. The highest BCUT2D eigenvalue weighted by atomic mass is 16.6. The molecule has 0 heterocycles. The van der Waals surface area contributed by atoms with Crippen molar-refractivity contribution in [3.05, 3.63) is 82.5 Å². The first-order valence-corrected chi connectivity index (χ1v) is 9.65. The first-order chi connectivity index (χ1) is 15.0. The standard InChI is InChI=1S/C11H12N2O.C9H10N2.C4H6O3/c1-8(12-3)10-4-6-11(7-5-10)13-9(2)14;1-7(11-2)8-3-5-9(10)6-4-8;1-3(5)7-4(2)6/h4-8H,1-2H3,(H,13,14);3-7H,10H2,1H3;1-2H3. The molecule has 0 saturated carbocycles. The molecule has 0 aromatic heterocycles. The number of amides is 1. The first-order valence-electron chi connectivity index (χ1n) is 9.65. The van der Waals surface area contributed by atoms with Gasteiger partial charge in [0.25, 0.3) is 0 Å². The van der Waals surface area contributed by atoms with Crippen LogP contribution in [-0.4, -0.2) is 17.8 Å². The van der Waals surface area contributed by atoms with Crippen LogP contribution in [-0.2, 0) is 19.1 Å². The van der Waals surface area contributed by atoms with Gasteiger partial charge in [-0.2, -0.15) is 0 Å². The van der Waals surface area contributed by atoms with Crippen molar-refractivity contribution >= 4 is 29.2 Å². The maximum Gasteiger partial charge on any atom is 0.310 e. The number of esters is 2. The molecule has 0 radical (unpaired) electrons. The van der Waals surface area contributed by atoms with E-state index >= 15 is 0 Å². The average molecular weight is 437 g/mol. The van der Waals surface area contributed by atoms with E-state index in [9.17, 15) is 14.4 Å². The SMILES string of the molecule is CC(=O)OC(C)=O.[C-]#[N+]C(C)c1ccc(N)cc1.[C-]#[N+]C(C)c1ccc(NC(C)=O)cc1. The van der Waals surface area contributed by atoms with Crippen molar-refractivity contribution in [1.82, 2.24) is 0 Å². The lowest BCUT2D eigenvalue weighted by atomic mass is 10.1. The van der Waals surface area contributed by atoms with Gasteiger partial charge in [-0.25, -0.2) is 13.1 Å². The molecule has 2 rings (SSSR count). The van der Waals surface area contributed by atoms with E-state index in [0.717, 1.165) is 22.5 Å². The smallest absolute Gasteiger partial charge is 0.310 e. The molecule has 2 aromatic rings. The molecule has 168 valence electrons. The van der Waals surface area contributed by atoms with Crippen molar-refractivity contribution < 1.29 is 19.1 Å². The molecule has 2 atom stereocenters. The number of ether oxygens (including phenoxy) is 1. The number of anilines is 2. The highest BCUT2D eigenvalue weighted by Gasteiger charge is 2.07. The summed E-state index contributed by atoms with van der Waals surface area (Å²) in [5, 5.41) is 2.67. The van der Waals surface area contributed by atoms with Gasteiger partial charge in [0, 0.05) is 57.1 Å². The molecule has 32 heavy (non-hydrogen) atoms. The summed E-state index contributed by atoms with van der Waals surface area (Å²) in [6.07, 6.45) is 0. The van der Waals surface area contributed by atoms with Crippen molar-refractivity contribution in [3.8, 4) is 0 Å². The Morgan fingerprint density at radius 1 is 0.812 bits per heavy atom. The van der Waals surface area contributed by atoms with Gasteiger partial charge in [-0.1, -0.05) is 0 Å². The van der Waals surface area contributed by atoms with E-state index in [1.807, 2.05) is 50.2 Å². The van der Waals surface area contributed by atoms with Crippen LogP contribution in [0.5, 0.6) is 0 Å². The number of hydrogen-bond donors (Lipinski definition) is 2. The molecule has 8 heteroatoms. The summed E-state index contributed by atoms with van der Waals surface area (Å²) in [6, 6.07) is 14.5. The molecule has 0 aliphatic rings. The highest BCUT2D eigenvalue weighted by Crippen LogP contribution is 2.19. The van der Waals surface area contributed by atoms with Gasteiger partial charge >= 0.3 is 11.9 Å². The van der Waals surface area contributed by atoms with E-state index in [1.165, 1.54) is 20.8 Å². The number of hydrogen-bond acceptors (Lipinski definition) is 5. The van der Waals surface area contributed by atoms with E-state index in [0.29, 0.717) is 0 Å². The zero-order valence-corrected chi connectivity index (χ0v) is 18.9. The molecule has 2 aromatic carbocycles. The molecule has 0 aliphatic heterocycles. The molecule has 0 aliphatic carbocycles. The third kappa shape index (κ3) is 12.4. The Labute approximate surface area is 189 Å². The van der Waals surface area contributed by atoms with Crippen LogP contribution >= 0.6 is 0 Å². The normalized spacial score (nSPS) is 10.8. The number of carbonyl (C=O) groups excluding carboxylic acids is 3. The van der Waals surface area contributed by atoms with Crippen LogP contribution in [0.15, 0.2) is 48.5 Å². The van der Waals surface area contributed by atoms with Crippen LogP contribution in [0.25, 0.3) is 9.69 Å². The quantitative estimate of drug-likeness (QED) is 0.306. The largest absolute Gasteiger partial charge is 0.399 e. The van der Waals surface area contributed by atoms with E-state index in [2.05, 4.69) is 19.7 Å². The summed E-state index contributed by atoms with van der Waals surface area (Å²) in [5.74, 6) is -1.21. The van der Waals surface area contributed by atoms with E-state index in [1.54, 1.807) is 12.1 Å². The molecular weight excluding hydrogens is 408 g/mol. The number of benzene rings is 2. The van der Waals surface area contributed by atoms with Crippen molar-refractivity contribution in [2.75, 3.05) is 11.1 Å². The van der Waals surface area contributed by atoms with Crippen LogP contribution < -0.4 is 11.1 Å². The average Bonchev–Trinajstić information content (AvgIpc) is 2.73. The monoisotopic (exact) mass is 436 g/mol. The lowest BCUT2D eigenvalue weighted by Gasteiger charge is -2.03. The van der Waals surface area contributed by atoms with Gasteiger partial charge in [-0.3, -0.25) is 14.4 Å². The van der Waals surface area contributed by atoms with Crippen LogP contribution in [0.2, 0.25) is 0 Å². The van der Waals surface area contributed by atoms with Gasteiger partial charge in [0.1, 0.15) is 0 Å².